The average Bonchev–Trinajstić information content (AvgIpc) is 2.45. The van der Waals surface area contributed by atoms with Gasteiger partial charge in [-0.25, -0.2) is 0 Å². The summed E-state index contributed by atoms with van der Waals surface area (Å²) in [6.07, 6.45) is 1.84. The second-order valence-corrected chi connectivity index (χ2v) is 5.92. The van der Waals surface area contributed by atoms with Gasteiger partial charge in [-0.3, -0.25) is 9.59 Å². The number of fused-ring (bicyclic) bond motifs is 1. The highest BCUT2D eigenvalue weighted by Gasteiger charge is 2.38. The molecule has 1 aromatic rings. The maximum atomic E-state index is 12.5. The summed E-state index contributed by atoms with van der Waals surface area (Å²) < 4.78 is 16.0. The first-order chi connectivity index (χ1) is 10.4. The van der Waals surface area contributed by atoms with Gasteiger partial charge in [-0.1, -0.05) is 0 Å². The number of aryl methyl sites for hydroxylation is 1. The number of methoxy groups -OCH3 is 2. The van der Waals surface area contributed by atoms with E-state index >= 15 is 0 Å². The Balaban J connectivity index is 2.18. The molecule has 1 aliphatic heterocycles. The molecule has 22 heavy (non-hydrogen) atoms. The van der Waals surface area contributed by atoms with Crippen molar-refractivity contribution in [3.63, 3.8) is 0 Å². The molecule has 1 atom stereocenters. The molecule has 0 unspecified atom stereocenters. The minimum atomic E-state index is -0.600. The van der Waals surface area contributed by atoms with E-state index in [0.29, 0.717) is 36.3 Å². The van der Waals surface area contributed by atoms with Gasteiger partial charge < -0.3 is 14.2 Å². The Morgan fingerprint density at radius 2 is 2.09 bits per heavy atom. The number of ether oxygens (including phenoxy) is 3. The number of ketones is 1. The van der Waals surface area contributed by atoms with E-state index in [1.807, 2.05) is 26.0 Å². The zero-order valence-corrected chi connectivity index (χ0v) is 13.5. The number of hydrogen-bond acceptors (Lipinski definition) is 5. The molecule has 1 heterocycles. The van der Waals surface area contributed by atoms with Crippen LogP contribution in [-0.4, -0.2) is 31.6 Å². The fraction of sp³-hybridized carbons (Fsp3) is 0.529. The van der Waals surface area contributed by atoms with Crippen LogP contribution in [0.3, 0.4) is 0 Å². The fourth-order valence-corrected chi connectivity index (χ4v) is 2.82. The van der Waals surface area contributed by atoms with Crippen molar-refractivity contribution in [3.8, 4) is 11.5 Å². The SMILES string of the molecule is COC(=O)CCC[C@]1(C)CC(=O)c2c(OC)cc(C)cc2O1. The summed E-state index contributed by atoms with van der Waals surface area (Å²) in [5.74, 6) is 0.882. The minimum Gasteiger partial charge on any atom is -0.496 e. The fourth-order valence-electron chi connectivity index (χ4n) is 2.82. The van der Waals surface area contributed by atoms with Gasteiger partial charge in [0, 0.05) is 6.42 Å². The van der Waals surface area contributed by atoms with Crippen LogP contribution in [0.15, 0.2) is 12.1 Å². The van der Waals surface area contributed by atoms with Crippen molar-refractivity contribution in [1.82, 2.24) is 0 Å². The molecule has 0 amide bonds. The van der Waals surface area contributed by atoms with Gasteiger partial charge in [0.25, 0.3) is 0 Å². The van der Waals surface area contributed by atoms with Gasteiger partial charge in [-0.15, -0.1) is 0 Å². The zero-order chi connectivity index (χ0) is 16.3. The maximum Gasteiger partial charge on any atom is 0.305 e. The Bertz CT molecular complexity index is 593. The molecule has 0 N–H and O–H groups in total. The molecule has 5 nitrogen and oxygen atoms in total. The number of esters is 1. The van der Waals surface area contributed by atoms with Gasteiger partial charge >= 0.3 is 5.97 Å². The largest absolute Gasteiger partial charge is 0.496 e. The Morgan fingerprint density at radius 1 is 1.36 bits per heavy atom. The number of rotatable bonds is 5. The molecule has 0 saturated heterocycles. The van der Waals surface area contributed by atoms with Crippen LogP contribution in [-0.2, 0) is 9.53 Å². The van der Waals surface area contributed by atoms with E-state index in [2.05, 4.69) is 4.74 Å². The molecule has 0 aliphatic carbocycles. The van der Waals surface area contributed by atoms with Crippen molar-refractivity contribution in [2.45, 2.75) is 45.1 Å². The molecular weight excluding hydrogens is 284 g/mol. The average molecular weight is 306 g/mol. The summed E-state index contributed by atoms with van der Waals surface area (Å²) in [4.78, 5) is 23.7. The standard InChI is InChI=1S/C17H22O5/c1-11-8-13(20-3)16-12(18)10-17(2,22-14(16)9-11)7-5-6-15(19)21-4/h8-9H,5-7,10H2,1-4H3/t17-/m1/s1. The Morgan fingerprint density at radius 3 is 2.73 bits per heavy atom. The van der Waals surface area contributed by atoms with Crippen LogP contribution in [0, 0.1) is 6.92 Å². The first kappa shape index (κ1) is 16.3. The highest BCUT2D eigenvalue weighted by molar-refractivity contribution is 6.03. The van der Waals surface area contributed by atoms with Crippen LogP contribution >= 0.6 is 0 Å². The van der Waals surface area contributed by atoms with Crippen molar-refractivity contribution < 1.29 is 23.8 Å². The molecule has 120 valence electrons. The number of carbonyl (C=O) groups is 2. The summed E-state index contributed by atoms with van der Waals surface area (Å²) in [7, 11) is 2.92. The number of carbonyl (C=O) groups excluding carboxylic acids is 2. The second kappa shape index (κ2) is 6.38. The van der Waals surface area contributed by atoms with Gasteiger partial charge in [0.1, 0.15) is 22.7 Å². The lowest BCUT2D eigenvalue weighted by Gasteiger charge is -2.35. The zero-order valence-electron chi connectivity index (χ0n) is 13.5. The van der Waals surface area contributed by atoms with Crippen LogP contribution in [0.1, 0.15) is 48.5 Å². The van der Waals surface area contributed by atoms with Crippen LogP contribution in [0.4, 0.5) is 0 Å². The highest BCUT2D eigenvalue weighted by Crippen LogP contribution is 2.41. The van der Waals surface area contributed by atoms with Crippen molar-refractivity contribution in [2.75, 3.05) is 14.2 Å². The summed E-state index contributed by atoms with van der Waals surface area (Å²) in [5, 5.41) is 0. The molecule has 1 aliphatic rings. The number of Topliss-reactive ketones (excluding diaryl/α,β-unsaturated/α-hetero) is 1. The molecular formula is C17H22O5. The van der Waals surface area contributed by atoms with Gasteiger partial charge in [0.05, 0.1) is 20.6 Å². The third-order valence-corrected chi connectivity index (χ3v) is 3.91. The molecule has 2 rings (SSSR count). The van der Waals surface area contributed by atoms with Gasteiger partial charge in [-0.05, 0) is 44.4 Å². The first-order valence-electron chi connectivity index (χ1n) is 7.36. The predicted octanol–water partition coefficient (Wildman–Crippen LogP) is 3.07. The van der Waals surface area contributed by atoms with Gasteiger partial charge in [0.15, 0.2) is 5.78 Å². The van der Waals surface area contributed by atoms with Crippen LogP contribution < -0.4 is 9.47 Å². The smallest absolute Gasteiger partial charge is 0.305 e. The molecule has 0 aromatic heterocycles. The quantitative estimate of drug-likeness (QED) is 0.782. The van der Waals surface area contributed by atoms with E-state index in [1.165, 1.54) is 7.11 Å². The topological polar surface area (TPSA) is 61.8 Å². The lowest BCUT2D eigenvalue weighted by Crippen LogP contribution is -2.39. The van der Waals surface area contributed by atoms with E-state index in [4.69, 9.17) is 9.47 Å². The molecule has 0 fully saturated rings. The lowest BCUT2D eigenvalue weighted by molar-refractivity contribution is -0.140. The van der Waals surface area contributed by atoms with Crippen molar-refractivity contribution >= 4 is 11.8 Å². The van der Waals surface area contributed by atoms with E-state index in [9.17, 15) is 9.59 Å². The summed E-state index contributed by atoms with van der Waals surface area (Å²) in [5.41, 5.74) is 0.887. The van der Waals surface area contributed by atoms with Crippen molar-refractivity contribution in [3.05, 3.63) is 23.3 Å². The third kappa shape index (κ3) is 3.40. The van der Waals surface area contributed by atoms with E-state index in [0.717, 1.165) is 5.56 Å². The summed E-state index contributed by atoms with van der Waals surface area (Å²) in [6.45, 7) is 3.83. The monoisotopic (exact) mass is 306 g/mol. The normalized spacial score (nSPS) is 20.1. The summed E-state index contributed by atoms with van der Waals surface area (Å²) in [6, 6.07) is 3.69. The highest BCUT2D eigenvalue weighted by atomic mass is 16.5. The second-order valence-electron chi connectivity index (χ2n) is 5.92. The Kier molecular flexibility index (Phi) is 4.74. The van der Waals surface area contributed by atoms with E-state index in [1.54, 1.807) is 7.11 Å². The number of hydrogen-bond donors (Lipinski definition) is 0. The molecule has 0 saturated carbocycles. The molecule has 0 bridgehead atoms. The Labute approximate surface area is 130 Å². The molecule has 0 spiro atoms. The van der Waals surface area contributed by atoms with E-state index < -0.39 is 5.60 Å². The first-order valence-corrected chi connectivity index (χ1v) is 7.36. The predicted molar refractivity (Wildman–Crippen MR) is 81.6 cm³/mol. The molecule has 1 aromatic carbocycles. The van der Waals surface area contributed by atoms with E-state index in [-0.39, 0.29) is 18.2 Å². The molecule has 0 radical (unpaired) electrons. The van der Waals surface area contributed by atoms with Gasteiger partial charge in [-0.2, -0.15) is 0 Å². The lowest BCUT2D eigenvalue weighted by atomic mass is 9.86. The van der Waals surface area contributed by atoms with Crippen LogP contribution in [0.5, 0.6) is 11.5 Å². The van der Waals surface area contributed by atoms with Crippen molar-refractivity contribution in [2.24, 2.45) is 0 Å². The van der Waals surface area contributed by atoms with Crippen molar-refractivity contribution in [1.29, 1.82) is 0 Å². The maximum absolute atomic E-state index is 12.5. The van der Waals surface area contributed by atoms with Crippen LogP contribution in [0.25, 0.3) is 0 Å². The number of benzene rings is 1. The third-order valence-electron chi connectivity index (χ3n) is 3.91. The minimum absolute atomic E-state index is 0.0127. The molecule has 5 heteroatoms. The van der Waals surface area contributed by atoms with Crippen LogP contribution in [0.2, 0.25) is 0 Å². The van der Waals surface area contributed by atoms with Gasteiger partial charge in [0.2, 0.25) is 0 Å². The summed E-state index contributed by atoms with van der Waals surface area (Å²) >= 11 is 0. The Hall–Kier alpha value is -2.04.